The molecule has 2 aromatic carbocycles. The monoisotopic (exact) mass is 411 g/mol. The van der Waals surface area contributed by atoms with E-state index < -0.39 is 0 Å². The summed E-state index contributed by atoms with van der Waals surface area (Å²) in [5, 5.41) is 3.66. The number of nitrogens with one attached hydrogen (secondary N) is 1. The number of likely N-dealkylation sites (tertiary alicyclic amines) is 1. The van der Waals surface area contributed by atoms with Crippen LogP contribution >= 0.6 is 11.3 Å². The van der Waals surface area contributed by atoms with Crippen LogP contribution in [0.3, 0.4) is 0 Å². The van der Waals surface area contributed by atoms with Gasteiger partial charge in [-0.3, -0.25) is 0 Å². The van der Waals surface area contributed by atoms with Crippen molar-refractivity contribution in [3.8, 4) is 10.9 Å². The van der Waals surface area contributed by atoms with Gasteiger partial charge in [-0.15, -0.1) is 0 Å². The molecule has 6 nitrogen and oxygen atoms in total. The molecule has 0 aliphatic carbocycles. The van der Waals surface area contributed by atoms with E-state index in [1.165, 1.54) is 0 Å². The smallest absolute Gasteiger partial charge is 0.321 e. The first-order valence-electron chi connectivity index (χ1n) is 9.94. The first-order chi connectivity index (χ1) is 14.1. The Morgan fingerprint density at radius 1 is 1.21 bits per heavy atom. The van der Waals surface area contributed by atoms with Crippen LogP contribution in [0.25, 0.3) is 10.2 Å². The third-order valence-corrected chi connectivity index (χ3v) is 5.93. The van der Waals surface area contributed by atoms with E-state index >= 15 is 0 Å². The van der Waals surface area contributed by atoms with Crippen LogP contribution in [0.4, 0.5) is 10.5 Å². The molecule has 2 heterocycles. The van der Waals surface area contributed by atoms with Crippen LogP contribution in [0.5, 0.6) is 10.9 Å². The van der Waals surface area contributed by atoms with Gasteiger partial charge in [-0.2, -0.15) is 0 Å². The third kappa shape index (κ3) is 4.62. The number of hydrogen-bond donors (Lipinski definition) is 1. The van der Waals surface area contributed by atoms with Gasteiger partial charge in [0.1, 0.15) is 11.9 Å². The zero-order valence-corrected chi connectivity index (χ0v) is 17.5. The molecule has 7 heteroatoms. The lowest BCUT2D eigenvalue weighted by molar-refractivity contribution is 0.115. The van der Waals surface area contributed by atoms with E-state index in [0.29, 0.717) is 24.9 Å². The topological polar surface area (TPSA) is 63.7 Å². The number of amides is 2. The fraction of sp³-hybridized carbons (Fsp3) is 0.364. The lowest BCUT2D eigenvalue weighted by Crippen LogP contribution is -2.43. The minimum Gasteiger partial charge on any atom is -0.494 e. The lowest BCUT2D eigenvalue weighted by atomic mass is 10.1. The van der Waals surface area contributed by atoms with Crippen LogP contribution in [0.2, 0.25) is 0 Å². The van der Waals surface area contributed by atoms with E-state index in [0.717, 1.165) is 40.1 Å². The fourth-order valence-electron chi connectivity index (χ4n) is 3.44. The minimum atomic E-state index is -0.0804. The maximum atomic E-state index is 12.5. The van der Waals surface area contributed by atoms with Gasteiger partial charge in [-0.25, -0.2) is 9.78 Å². The van der Waals surface area contributed by atoms with E-state index in [9.17, 15) is 4.79 Å². The molecule has 0 spiro atoms. The van der Waals surface area contributed by atoms with Gasteiger partial charge in [0.2, 0.25) is 0 Å². The van der Waals surface area contributed by atoms with E-state index in [1.807, 2.05) is 42.2 Å². The Hall–Kier alpha value is -2.80. The number of rotatable bonds is 5. The molecule has 152 valence electrons. The molecule has 1 aliphatic rings. The molecule has 1 aliphatic heterocycles. The summed E-state index contributed by atoms with van der Waals surface area (Å²) < 4.78 is 12.7. The number of nitrogens with zero attached hydrogens (tertiary/aromatic N) is 2. The second-order valence-corrected chi connectivity index (χ2v) is 8.09. The van der Waals surface area contributed by atoms with Crippen molar-refractivity contribution in [1.29, 1.82) is 0 Å². The number of para-hydroxylation sites is 1. The number of anilines is 1. The van der Waals surface area contributed by atoms with Crippen LogP contribution in [0, 0.1) is 6.92 Å². The molecule has 4 rings (SSSR count). The zero-order chi connectivity index (χ0) is 20.2. The normalized spacial score (nSPS) is 14.8. The van der Waals surface area contributed by atoms with Gasteiger partial charge in [-0.05, 0) is 49.7 Å². The Morgan fingerprint density at radius 3 is 2.66 bits per heavy atom. The molecule has 1 fully saturated rings. The molecule has 0 saturated carbocycles. The predicted octanol–water partition coefficient (Wildman–Crippen LogP) is 5.08. The summed E-state index contributed by atoms with van der Waals surface area (Å²) in [5.41, 5.74) is 2.94. The molecule has 0 atom stereocenters. The zero-order valence-electron chi connectivity index (χ0n) is 16.7. The first-order valence-corrected chi connectivity index (χ1v) is 10.8. The Labute approximate surface area is 174 Å². The van der Waals surface area contributed by atoms with Crippen LogP contribution in [-0.4, -0.2) is 41.7 Å². The number of hydrogen-bond acceptors (Lipinski definition) is 5. The van der Waals surface area contributed by atoms with Crippen molar-refractivity contribution in [2.24, 2.45) is 0 Å². The standard InChI is InChI=1S/C22H25N3O3S/c1-3-27-17-9-7-16(8-10-17)23-21(26)25-13-11-18(12-14-25)28-22-24-20-15(2)5-4-6-19(20)29-22/h4-10,18H,3,11-14H2,1-2H3,(H,23,26). The second kappa shape index (κ2) is 8.69. The number of carbonyl (C=O) groups excluding carboxylic acids is 1. The number of aryl methyl sites for hydroxylation is 1. The van der Waals surface area contributed by atoms with Crippen molar-refractivity contribution in [2.75, 3.05) is 25.0 Å². The number of carbonyl (C=O) groups is 1. The number of urea groups is 1. The van der Waals surface area contributed by atoms with Gasteiger partial charge in [0, 0.05) is 31.6 Å². The molecule has 1 N–H and O–H groups in total. The first kappa shape index (κ1) is 19.5. The molecule has 0 radical (unpaired) electrons. The highest BCUT2D eigenvalue weighted by atomic mass is 32.1. The average Bonchev–Trinajstić information content (AvgIpc) is 3.14. The molecule has 29 heavy (non-hydrogen) atoms. The summed E-state index contributed by atoms with van der Waals surface area (Å²) >= 11 is 1.58. The Kier molecular flexibility index (Phi) is 5.85. The van der Waals surface area contributed by atoms with Gasteiger partial charge in [0.05, 0.1) is 16.8 Å². The largest absolute Gasteiger partial charge is 0.494 e. The number of thiazole rings is 1. The summed E-state index contributed by atoms with van der Waals surface area (Å²) in [6.07, 6.45) is 1.68. The SMILES string of the molecule is CCOc1ccc(NC(=O)N2CCC(Oc3nc4c(C)cccc4s3)CC2)cc1. The molecule has 0 bridgehead atoms. The summed E-state index contributed by atoms with van der Waals surface area (Å²) in [5.74, 6) is 0.800. The Balaban J connectivity index is 1.29. The van der Waals surface area contributed by atoms with Crippen LogP contribution in [0.1, 0.15) is 25.3 Å². The van der Waals surface area contributed by atoms with Gasteiger partial charge >= 0.3 is 6.03 Å². The van der Waals surface area contributed by atoms with Crippen molar-refractivity contribution >= 4 is 33.3 Å². The number of fused-ring (bicyclic) bond motifs is 1. The van der Waals surface area contributed by atoms with Gasteiger partial charge in [0.25, 0.3) is 5.19 Å². The quantitative estimate of drug-likeness (QED) is 0.636. The van der Waals surface area contributed by atoms with Gasteiger partial charge < -0.3 is 19.7 Å². The number of benzene rings is 2. The summed E-state index contributed by atoms with van der Waals surface area (Å²) in [7, 11) is 0. The van der Waals surface area contributed by atoms with E-state index in [2.05, 4.69) is 29.4 Å². The molecule has 3 aromatic rings. The molecular formula is C22H25N3O3S. The Bertz CT molecular complexity index is 979. The number of ether oxygens (including phenoxy) is 2. The van der Waals surface area contributed by atoms with Gasteiger partial charge in [0.15, 0.2) is 0 Å². The van der Waals surface area contributed by atoms with E-state index in [-0.39, 0.29) is 12.1 Å². The molecular weight excluding hydrogens is 386 g/mol. The van der Waals surface area contributed by atoms with E-state index in [1.54, 1.807) is 11.3 Å². The molecule has 1 saturated heterocycles. The van der Waals surface area contributed by atoms with Crippen molar-refractivity contribution in [2.45, 2.75) is 32.8 Å². The highest BCUT2D eigenvalue weighted by Crippen LogP contribution is 2.31. The Morgan fingerprint density at radius 2 is 1.97 bits per heavy atom. The number of piperidine rings is 1. The lowest BCUT2D eigenvalue weighted by Gasteiger charge is -2.31. The van der Waals surface area contributed by atoms with Crippen LogP contribution in [-0.2, 0) is 0 Å². The third-order valence-electron chi connectivity index (χ3n) is 5.01. The number of aromatic nitrogens is 1. The van der Waals surface area contributed by atoms with E-state index in [4.69, 9.17) is 9.47 Å². The second-order valence-electron chi connectivity index (χ2n) is 7.09. The molecule has 2 amide bonds. The average molecular weight is 412 g/mol. The van der Waals surface area contributed by atoms with Crippen molar-refractivity contribution in [3.05, 3.63) is 48.0 Å². The van der Waals surface area contributed by atoms with Crippen molar-refractivity contribution in [3.63, 3.8) is 0 Å². The molecule has 0 unspecified atom stereocenters. The highest BCUT2D eigenvalue weighted by Gasteiger charge is 2.25. The maximum Gasteiger partial charge on any atom is 0.321 e. The fourth-order valence-corrected chi connectivity index (χ4v) is 4.40. The maximum absolute atomic E-state index is 12.5. The van der Waals surface area contributed by atoms with Crippen molar-refractivity contribution in [1.82, 2.24) is 9.88 Å². The highest BCUT2D eigenvalue weighted by molar-refractivity contribution is 7.20. The summed E-state index contributed by atoms with van der Waals surface area (Å²) in [6, 6.07) is 13.5. The van der Waals surface area contributed by atoms with Crippen LogP contribution in [0.15, 0.2) is 42.5 Å². The van der Waals surface area contributed by atoms with Crippen molar-refractivity contribution < 1.29 is 14.3 Å². The predicted molar refractivity (Wildman–Crippen MR) is 116 cm³/mol. The summed E-state index contributed by atoms with van der Waals surface area (Å²) in [4.78, 5) is 19.0. The minimum absolute atomic E-state index is 0.0804. The summed E-state index contributed by atoms with van der Waals surface area (Å²) in [6.45, 7) is 5.96. The molecule has 1 aromatic heterocycles. The van der Waals surface area contributed by atoms with Crippen LogP contribution < -0.4 is 14.8 Å². The van der Waals surface area contributed by atoms with Gasteiger partial charge in [-0.1, -0.05) is 23.5 Å².